The summed E-state index contributed by atoms with van der Waals surface area (Å²) in [5.41, 5.74) is 0.566. The van der Waals surface area contributed by atoms with Gasteiger partial charge in [-0.1, -0.05) is 24.3 Å². The molecule has 1 aromatic carbocycles. The maximum atomic E-state index is 10.7. The third kappa shape index (κ3) is 2.06. The van der Waals surface area contributed by atoms with Crippen molar-refractivity contribution >= 4 is 10.1 Å². The molecule has 1 atom stereocenters. The van der Waals surface area contributed by atoms with Gasteiger partial charge >= 0.3 is 0 Å². The lowest BCUT2D eigenvalue weighted by Crippen LogP contribution is -2.07. The van der Waals surface area contributed by atoms with Gasteiger partial charge in [0.25, 0.3) is 10.1 Å². The van der Waals surface area contributed by atoms with Gasteiger partial charge in [-0.05, 0) is 18.6 Å². The maximum Gasteiger partial charge on any atom is 0.271 e. The Balaban J connectivity index is 3.02. The zero-order valence-corrected chi connectivity index (χ0v) is 7.38. The highest BCUT2D eigenvalue weighted by molar-refractivity contribution is 7.86. The molecule has 3 nitrogen and oxygen atoms in total. The predicted molar refractivity (Wildman–Crippen MR) is 45.2 cm³/mol. The second-order valence-electron chi connectivity index (χ2n) is 2.49. The molecular weight excluding hydrogens is 176 g/mol. The molecular formula is C8H9O3S. The SMILES string of the molecule is CC(c1cc[c]cc1)S(=O)(=O)O. The van der Waals surface area contributed by atoms with Crippen LogP contribution in [-0.4, -0.2) is 13.0 Å². The fourth-order valence-electron chi connectivity index (χ4n) is 0.843. The summed E-state index contributed by atoms with van der Waals surface area (Å²) in [5.74, 6) is 0. The van der Waals surface area contributed by atoms with Crippen LogP contribution in [0.4, 0.5) is 0 Å². The molecule has 1 rings (SSSR count). The van der Waals surface area contributed by atoms with Crippen molar-refractivity contribution in [3.05, 3.63) is 35.9 Å². The van der Waals surface area contributed by atoms with E-state index in [1.807, 2.05) is 0 Å². The third-order valence-electron chi connectivity index (χ3n) is 1.66. The third-order valence-corrected chi connectivity index (χ3v) is 2.83. The van der Waals surface area contributed by atoms with Gasteiger partial charge < -0.3 is 0 Å². The topological polar surface area (TPSA) is 54.4 Å². The fraction of sp³-hybridized carbons (Fsp3) is 0.250. The molecule has 0 aliphatic rings. The molecule has 1 N–H and O–H groups in total. The Morgan fingerprint density at radius 3 is 2.33 bits per heavy atom. The van der Waals surface area contributed by atoms with Gasteiger partial charge in [-0.2, -0.15) is 8.42 Å². The van der Waals surface area contributed by atoms with Crippen LogP contribution in [0, 0.1) is 6.07 Å². The van der Waals surface area contributed by atoms with Crippen molar-refractivity contribution in [2.45, 2.75) is 12.2 Å². The van der Waals surface area contributed by atoms with Crippen LogP contribution >= 0.6 is 0 Å². The summed E-state index contributed by atoms with van der Waals surface area (Å²) >= 11 is 0. The fourth-order valence-corrected chi connectivity index (χ4v) is 1.34. The first-order valence-electron chi connectivity index (χ1n) is 3.44. The number of rotatable bonds is 2. The minimum atomic E-state index is -3.97. The summed E-state index contributed by atoms with van der Waals surface area (Å²) in [7, 11) is -3.97. The molecule has 12 heavy (non-hydrogen) atoms. The highest BCUT2D eigenvalue weighted by Gasteiger charge is 2.18. The molecule has 1 radical (unpaired) electrons. The quantitative estimate of drug-likeness (QED) is 0.709. The van der Waals surface area contributed by atoms with Crippen LogP contribution < -0.4 is 0 Å². The first kappa shape index (κ1) is 9.22. The molecule has 0 bridgehead atoms. The van der Waals surface area contributed by atoms with Crippen LogP contribution in [0.15, 0.2) is 24.3 Å². The Hall–Kier alpha value is -0.870. The van der Waals surface area contributed by atoms with Crippen molar-refractivity contribution in [1.29, 1.82) is 0 Å². The summed E-state index contributed by atoms with van der Waals surface area (Å²) in [6.45, 7) is 1.44. The Morgan fingerprint density at radius 1 is 1.42 bits per heavy atom. The number of hydrogen-bond acceptors (Lipinski definition) is 2. The number of hydrogen-bond donors (Lipinski definition) is 1. The van der Waals surface area contributed by atoms with Crippen LogP contribution in [-0.2, 0) is 10.1 Å². The smallest absolute Gasteiger partial charge is 0.271 e. The lowest BCUT2D eigenvalue weighted by molar-refractivity contribution is 0.472. The lowest BCUT2D eigenvalue weighted by Gasteiger charge is -2.06. The van der Waals surface area contributed by atoms with Crippen molar-refractivity contribution in [2.75, 3.05) is 0 Å². The zero-order chi connectivity index (χ0) is 9.19. The van der Waals surface area contributed by atoms with E-state index in [1.165, 1.54) is 6.92 Å². The second-order valence-corrected chi connectivity index (χ2v) is 4.23. The van der Waals surface area contributed by atoms with Gasteiger partial charge in [0.05, 0.1) is 0 Å². The van der Waals surface area contributed by atoms with E-state index in [-0.39, 0.29) is 0 Å². The molecule has 4 heteroatoms. The first-order chi connectivity index (χ1) is 5.52. The molecule has 1 aromatic rings. The Kier molecular flexibility index (Phi) is 2.49. The van der Waals surface area contributed by atoms with E-state index in [2.05, 4.69) is 6.07 Å². The normalized spacial score (nSPS) is 14.2. The van der Waals surface area contributed by atoms with E-state index in [0.717, 1.165) is 0 Å². The van der Waals surface area contributed by atoms with Crippen LogP contribution in [0.25, 0.3) is 0 Å². The summed E-state index contributed by atoms with van der Waals surface area (Å²) in [6, 6.07) is 9.20. The van der Waals surface area contributed by atoms with E-state index >= 15 is 0 Å². The minimum absolute atomic E-state index is 0.566. The van der Waals surface area contributed by atoms with Crippen LogP contribution in [0.5, 0.6) is 0 Å². The Morgan fingerprint density at radius 2 is 1.92 bits per heavy atom. The highest BCUT2D eigenvalue weighted by atomic mass is 32.2. The standard InChI is InChI=1S/C8H9O3S/c1-7(12(9,10)11)8-5-3-2-4-6-8/h3-7H,1H3,(H,9,10,11). The van der Waals surface area contributed by atoms with Gasteiger partial charge in [0.1, 0.15) is 5.25 Å². The van der Waals surface area contributed by atoms with Gasteiger partial charge in [-0.15, -0.1) is 0 Å². The molecule has 0 spiro atoms. The van der Waals surface area contributed by atoms with E-state index < -0.39 is 15.4 Å². The molecule has 0 aromatic heterocycles. The average Bonchev–Trinajstić information content (AvgIpc) is 2.03. The molecule has 0 saturated heterocycles. The minimum Gasteiger partial charge on any atom is -0.285 e. The number of benzene rings is 1. The van der Waals surface area contributed by atoms with Crippen LogP contribution in [0.1, 0.15) is 17.7 Å². The van der Waals surface area contributed by atoms with Gasteiger partial charge in [0.15, 0.2) is 0 Å². The van der Waals surface area contributed by atoms with E-state index in [9.17, 15) is 8.42 Å². The van der Waals surface area contributed by atoms with E-state index in [1.54, 1.807) is 24.3 Å². The largest absolute Gasteiger partial charge is 0.285 e. The first-order valence-corrected chi connectivity index (χ1v) is 4.94. The summed E-state index contributed by atoms with van der Waals surface area (Å²) in [4.78, 5) is 0. The molecule has 65 valence electrons. The van der Waals surface area contributed by atoms with Crippen molar-refractivity contribution in [3.8, 4) is 0 Å². The molecule has 0 saturated carbocycles. The molecule has 0 aliphatic carbocycles. The van der Waals surface area contributed by atoms with Gasteiger partial charge in [0, 0.05) is 0 Å². The summed E-state index contributed by atoms with van der Waals surface area (Å²) < 4.78 is 30.1. The molecule has 0 aliphatic heterocycles. The van der Waals surface area contributed by atoms with E-state index in [0.29, 0.717) is 5.56 Å². The monoisotopic (exact) mass is 185 g/mol. The Bertz CT molecular complexity index is 342. The van der Waals surface area contributed by atoms with Crippen molar-refractivity contribution < 1.29 is 13.0 Å². The molecule has 0 fully saturated rings. The van der Waals surface area contributed by atoms with Crippen molar-refractivity contribution in [3.63, 3.8) is 0 Å². The van der Waals surface area contributed by atoms with Crippen LogP contribution in [0.2, 0.25) is 0 Å². The molecule has 0 heterocycles. The van der Waals surface area contributed by atoms with E-state index in [4.69, 9.17) is 4.55 Å². The van der Waals surface area contributed by atoms with Crippen LogP contribution in [0.3, 0.4) is 0 Å². The molecule has 0 amide bonds. The van der Waals surface area contributed by atoms with Gasteiger partial charge in [0.2, 0.25) is 0 Å². The van der Waals surface area contributed by atoms with Gasteiger partial charge in [-0.3, -0.25) is 4.55 Å². The second kappa shape index (κ2) is 3.25. The van der Waals surface area contributed by atoms with Crippen molar-refractivity contribution in [2.24, 2.45) is 0 Å². The average molecular weight is 185 g/mol. The van der Waals surface area contributed by atoms with Gasteiger partial charge in [-0.25, -0.2) is 0 Å². The Labute approximate surface area is 71.8 Å². The maximum absolute atomic E-state index is 10.7. The summed E-state index contributed by atoms with van der Waals surface area (Å²) in [6.07, 6.45) is 0. The molecule has 1 unspecified atom stereocenters. The van der Waals surface area contributed by atoms with Crippen molar-refractivity contribution in [1.82, 2.24) is 0 Å². The summed E-state index contributed by atoms with van der Waals surface area (Å²) in [5, 5.41) is -0.868. The highest BCUT2D eigenvalue weighted by Crippen LogP contribution is 2.19. The zero-order valence-electron chi connectivity index (χ0n) is 6.56. The lowest BCUT2D eigenvalue weighted by atomic mass is 10.2. The predicted octanol–water partition coefficient (Wildman–Crippen LogP) is 1.44.